The molecule has 0 unspecified atom stereocenters. The fourth-order valence-electron chi connectivity index (χ4n) is 3.69. The Morgan fingerprint density at radius 1 is 1.03 bits per heavy atom. The quantitative estimate of drug-likeness (QED) is 0.569. The highest BCUT2D eigenvalue weighted by molar-refractivity contribution is 7.89. The number of carbonyl (C=O) groups is 1. The first-order chi connectivity index (χ1) is 15.4. The SMILES string of the molecule is CCN(Cc1cccc2c1OCCO2)C(=O)c1ccc(OC)c(S(=O)(=O)N(CC)CC)c1. The van der Waals surface area contributed by atoms with E-state index >= 15 is 0 Å². The lowest BCUT2D eigenvalue weighted by molar-refractivity contribution is 0.0749. The third kappa shape index (κ3) is 4.68. The summed E-state index contributed by atoms with van der Waals surface area (Å²) in [4.78, 5) is 15.0. The molecule has 0 spiro atoms. The van der Waals surface area contributed by atoms with Crippen molar-refractivity contribution in [2.75, 3.05) is 40.0 Å². The number of hydrogen-bond acceptors (Lipinski definition) is 6. The summed E-state index contributed by atoms with van der Waals surface area (Å²) in [6.07, 6.45) is 0. The van der Waals surface area contributed by atoms with Gasteiger partial charge in [-0.2, -0.15) is 4.31 Å². The fraction of sp³-hybridized carbons (Fsp3) is 0.435. The number of hydrogen-bond donors (Lipinski definition) is 0. The third-order valence-corrected chi connectivity index (χ3v) is 7.48. The van der Waals surface area contributed by atoms with Gasteiger partial charge in [-0.05, 0) is 31.2 Å². The monoisotopic (exact) mass is 462 g/mol. The van der Waals surface area contributed by atoms with Crippen LogP contribution < -0.4 is 14.2 Å². The molecular formula is C23H30N2O6S. The summed E-state index contributed by atoms with van der Waals surface area (Å²) in [5, 5.41) is 0. The maximum atomic E-state index is 13.3. The molecule has 0 aromatic heterocycles. The van der Waals surface area contributed by atoms with Crippen LogP contribution in [0.4, 0.5) is 0 Å². The standard InChI is InChI=1S/C23H30N2O6S/c1-5-24(16-18-9-8-10-20-22(18)31-14-13-30-20)23(26)17-11-12-19(29-4)21(15-17)32(27,28)25(6-2)7-3/h8-12,15H,5-7,13-14,16H2,1-4H3. The molecule has 1 aliphatic rings. The molecule has 0 saturated carbocycles. The molecule has 0 atom stereocenters. The smallest absolute Gasteiger partial charge is 0.254 e. The highest BCUT2D eigenvalue weighted by atomic mass is 32.2. The van der Waals surface area contributed by atoms with Gasteiger partial charge in [-0.1, -0.05) is 26.0 Å². The van der Waals surface area contributed by atoms with E-state index < -0.39 is 10.0 Å². The lowest BCUT2D eigenvalue weighted by Gasteiger charge is -2.26. The highest BCUT2D eigenvalue weighted by Crippen LogP contribution is 2.35. The topological polar surface area (TPSA) is 85.4 Å². The van der Waals surface area contributed by atoms with E-state index in [0.29, 0.717) is 50.9 Å². The number of para-hydroxylation sites is 1. The molecule has 0 fully saturated rings. The maximum Gasteiger partial charge on any atom is 0.254 e. The summed E-state index contributed by atoms with van der Waals surface area (Å²) >= 11 is 0. The van der Waals surface area contributed by atoms with Gasteiger partial charge in [0.1, 0.15) is 23.9 Å². The molecule has 2 aromatic rings. The van der Waals surface area contributed by atoms with Crippen LogP contribution in [0.3, 0.4) is 0 Å². The van der Waals surface area contributed by atoms with Gasteiger partial charge in [-0.25, -0.2) is 8.42 Å². The second kappa shape index (κ2) is 10.2. The lowest BCUT2D eigenvalue weighted by atomic mass is 10.1. The molecule has 3 rings (SSSR count). The summed E-state index contributed by atoms with van der Waals surface area (Å²) in [7, 11) is -2.39. The number of amides is 1. The molecule has 0 radical (unpaired) electrons. The predicted octanol–water partition coefficient (Wildman–Crippen LogP) is 3.16. The Bertz CT molecular complexity index is 1070. The summed E-state index contributed by atoms with van der Waals surface area (Å²) < 4.78 is 44.3. The number of sulfonamides is 1. The van der Waals surface area contributed by atoms with Gasteiger partial charge in [0.15, 0.2) is 11.5 Å². The Kier molecular flexibility index (Phi) is 7.63. The molecular weight excluding hydrogens is 432 g/mol. The number of fused-ring (bicyclic) bond motifs is 1. The van der Waals surface area contributed by atoms with Gasteiger partial charge in [-0.3, -0.25) is 4.79 Å². The van der Waals surface area contributed by atoms with E-state index in [1.165, 1.54) is 23.5 Å². The molecule has 0 saturated heterocycles. The first-order valence-corrected chi connectivity index (χ1v) is 12.2. The third-order valence-electron chi connectivity index (χ3n) is 5.41. The van der Waals surface area contributed by atoms with Crippen LogP contribution in [0.25, 0.3) is 0 Å². The number of ether oxygens (including phenoxy) is 3. The first-order valence-electron chi connectivity index (χ1n) is 10.7. The minimum atomic E-state index is -3.80. The van der Waals surface area contributed by atoms with Gasteiger partial charge in [0.2, 0.25) is 10.0 Å². The van der Waals surface area contributed by atoms with Gasteiger partial charge >= 0.3 is 0 Å². The molecule has 9 heteroatoms. The summed E-state index contributed by atoms with van der Waals surface area (Å²) in [6, 6.07) is 10.1. The van der Waals surface area contributed by atoms with Crippen molar-refractivity contribution >= 4 is 15.9 Å². The van der Waals surface area contributed by atoms with Crippen molar-refractivity contribution in [1.82, 2.24) is 9.21 Å². The van der Waals surface area contributed by atoms with E-state index in [0.717, 1.165) is 5.56 Å². The van der Waals surface area contributed by atoms with Crippen LogP contribution in [0.15, 0.2) is 41.3 Å². The van der Waals surface area contributed by atoms with Crippen molar-refractivity contribution in [3.63, 3.8) is 0 Å². The zero-order valence-corrected chi connectivity index (χ0v) is 19.8. The normalized spacial score (nSPS) is 13.2. The van der Waals surface area contributed by atoms with E-state index in [1.807, 2.05) is 25.1 Å². The average molecular weight is 463 g/mol. The number of benzene rings is 2. The Balaban J connectivity index is 1.94. The maximum absolute atomic E-state index is 13.3. The van der Waals surface area contributed by atoms with E-state index in [9.17, 15) is 13.2 Å². The number of nitrogens with zero attached hydrogens (tertiary/aromatic N) is 2. The molecule has 0 bridgehead atoms. The van der Waals surface area contributed by atoms with Crippen molar-refractivity contribution in [3.05, 3.63) is 47.5 Å². The van der Waals surface area contributed by atoms with Crippen LogP contribution in [0, 0.1) is 0 Å². The second-order valence-electron chi connectivity index (χ2n) is 7.22. The molecule has 2 aromatic carbocycles. The van der Waals surface area contributed by atoms with Crippen LogP contribution in [-0.4, -0.2) is 63.5 Å². The fourth-order valence-corrected chi connectivity index (χ4v) is 5.33. The van der Waals surface area contributed by atoms with E-state index in [-0.39, 0.29) is 22.1 Å². The van der Waals surface area contributed by atoms with E-state index in [2.05, 4.69) is 0 Å². The van der Waals surface area contributed by atoms with Gasteiger partial charge in [0, 0.05) is 37.3 Å². The number of rotatable bonds is 9. The molecule has 1 amide bonds. The number of carbonyl (C=O) groups excluding carboxylic acids is 1. The Morgan fingerprint density at radius 3 is 2.41 bits per heavy atom. The Hall–Kier alpha value is -2.78. The minimum Gasteiger partial charge on any atom is -0.495 e. The molecule has 1 aliphatic heterocycles. The van der Waals surface area contributed by atoms with E-state index in [4.69, 9.17) is 14.2 Å². The molecule has 1 heterocycles. The lowest BCUT2D eigenvalue weighted by Crippen LogP contribution is -2.32. The Labute approximate surface area is 189 Å². The van der Waals surface area contributed by atoms with Crippen LogP contribution in [0.5, 0.6) is 17.2 Å². The molecule has 0 aliphatic carbocycles. The van der Waals surface area contributed by atoms with Gasteiger partial charge in [-0.15, -0.1) is 0 Å². The highest BCUT2D eigenvalue weighted by Gasteiger charge is 2.28. The summed E-state index contributed by atoms with van der Waals surface area (Å²) in [5.74, 6) is 1.23. The number of methoxy groups -OCH3 is 1. The predicted molar refractivity (Wildman–Crippen MR) is 121 cm³/mol. The van der Waals surface area contributed by atoms with E-state index in [1.54, 1.807) is 24.8 Å². The van der Waals surface area contributed by atoms with Gasteiger partial charge in [0.05, 0.1) is 7.11 Å². The van der Waals surface area contributed by atoms with Crippen LogP contribution >= 0.6 is 0 Å². The van der Waals surface area contributed by atoms with Crippen molar-refractivity contribution in [2.45, 2.75) is 32.2 Å². The molecule has 8 nitrogen and oxygen atoms in total. The zero-order valence-electron chi connectivity index (χ0n) is 19.0. The van der Waals surface area contributed by atoms with Crippen molar-refractivity contribution in [2.24, 2.45) is 0 Å². The van der Waals surface area contributed by atoms with Crippen molar-refractivity contribution < 1.29 is 27.4 Å². The Morgan fingerprint density at radius 2 is 1.75 bits per heavy atom. The summed E-state index contributed by atoms with van der Waals surface area (Å²) in [6.45, 7) is 7.76. The molecule has 0 N–H and O–H groups in total. The van der Waals surface area contributed by atoms with Crippen molar-refractivity contribution in [1.29, 1.82) is 0 Å². The average Bonchev–Trinajstić information content (AvgIpc) is 2.82. The minimum absolute atomic E-state index is 0.0144. The first kappa shape index (κ1) is 23.9. The van der Waals surface area contributed by atoms with Crippen molar-refractivity contribution in [3.8, 4) is 17.2 Å². The second-order valence-corrected chi connectivity index (χ2v) is 9.12. The molecule has 174 valence electrons. The van der Waals surface area contributed by atoms with Crippen LogP contribution in [0.2, 0.25) is 0 Å². The largest absolute Gasteiger partial charge is 0.495 e. The molecule has 32 heavy (non-hydrogen) atoms. The summed E-state index contributed by atoms with van der Waals surface area (Å²) in [5.41, 5.74) is 1.11. The van der Waals surface area contributed by atoms with Crippen LogP contribution in [-0.2, 0) is 16.6 Å². The zero-order chi connectivity index (χ0) is 23.3. The van der Waals surface area contributed by atoms with Crippen LogP contribution in [0.1, 0.15) is 36.7 Å². The van der Waals surface area contributed by atoms with Gasteiger partial charge < -0.3 is 19.1 Å². The van der Waals surface area contributed by atoms with Gasteiger partial charge in [0.25, 0.3) is 5.91 Å².